The van der Waals surface area contributed by atoms with Crippen LogP contribution in [0.4, 0.5) is 0 Å². The lowest BCUT2D eigenvalue weighted by Crippen LogP contribution is -2.18. The highest BCUT2D eigenvalue weighted by Gasteiger charge is 2.20. The fourth-order valence-corrected chi connectivity index (χ4v) is 3.23. The van der Waals surface area contributed by atoms with Gasteiger partial charge in [-0.25, -0.2) is 4.98 Å². The van der Waals surface area contributed by atoms with Gasteiger partial charge in [-0.2, -0.15) is 0 Å². The van der Waals surface area contributed by atoms with Crippen LogP contribution in [0.1, 0.15) is 23.4 Å². The van der Waals surface area contributed by atoms with Gasteiger partial charge in [-0.3, -0.25) is 0 Å². The molecular formula is C12H14BrN3S. The first kappa shape index (κ1) is 11.4. The number of aromatic nitrogens is 2. The predicted octanol–water partition coefficient (Wildman–Crippen LogP) is 3.01. The number of imidazole rings is 1. The summed E-state index contributed by atoms with van der Waals surface area (Å²) >= 11 is 5.26. The van der Waals surface area contributed by atoms with Crippen molar-refractivity contribution >= 4 is 27.3 Å². The molecule has 0 radical (unpaired) electrons. The van der Waals surface area contributed by atoms with Crippen molar-refractivity contribution in [1.82, 2.24) is 14.9 Å². The predicted molar refractivity (Wildman–Crippen MR) is 73.2 cm³/mol. The molecule has 2 aromatic rings. The van der Waals surface area contributed by atoms with Crippen LogP contribution in [0.5, 0.6) is 0 Å². The van der Waals surface area contributed by atoms with Gasteiger partial charge in [-0.1, -0.05) is 0 Å². The van der Waals surface area contributed by atoms with Crippen molar-refractivity contribution in [2.45, 2.75) is 32.0 Å². The second-order valence-corrected chi connectivity index (χ2v) is 6.31. The molecule has 3 rings (SSSR count). The van der Waals surface area contributed by atoms with Crippen LogP contribution < -0.4 is 5.32 Å². The van der Waals surface area contributed by atoms with Crippen LogP contribution in [0.15, 0.2) is 28.4 Å². The first-order valence-corrected chi connectivity index (χ1v) is 7.44. The van der Waals surface area contributed by atoms with Crippen molar-refractivity contribution in [3.8, 4) is 0 Å². The van der Waals surface area contributed by atoms with Gasteiger partial charge in [0.05, 0.1) is 18.6 Å². The summed E-state index contributed by atoms with van der Waals surface area (Å²) in [5.74, 6) is 0. The molecule has 1 N–H and O–H groups in total. The molecule has 0 aromatic carbocycles. The Hall–Kier alpha value is -0.650. The highest BCUT2D eigenvalue weighted by atomic mass is 79.9. The quantitative estimate of drug-likeness (QED) is 0.920. The minimum Gasteiger partial charge on any atom is -0.328 e. The van der Waals surface area contributed by atoms with Crippen LogP contribution in [0.25, 0.3) is 0 Å². The molecule has 1 fully saturated rings. The number of hydrogen-bond acceptors (Lipinski definition) is 3. The zero-order valence-electron chi connectivity index (χ0n) is 9.40. The molecule has 0 saturated heterocycles. The number of hydrogen-bond donors (Lipinski definition) is 1. The maximum atomic E-state index is 4.24. The van der Waals surface area contributed by atoms with Gasteiger partial charge in [0.2, 0.25) is 0 Å². The van der Waals surface area contributed by atoms with E-state index in [9.17, 15) is 0 Å². The van der Waals surface area contributed by atoms with Gasteiger partial charge in [-0.15, -0.1) is 11.3 Å². The van der Waals surface area contributed by atoms with Gasteiger partial charge >= 0.3 is 0 Å². The molecule has 0 unspecified atom stereocenters. The molecule has 90 valence electrons. The van der Waals surface area contributed by atoms with E-state index >= 15 is 0 Å². The van der Waals surface area contributed by atoms with Gasteiger partial charge in [0.15, 0.2) is 0 Å². The highest BCUT2D eigenvalue weighted by Crippen LogP contribution is 2.22. The van der Waals surface area contributed by atoms with Crippen LogP contribution in [-0.2, 0) is 13.1 Å². The molecule has 1 aliphatic carbocycles. The second-order valence-electron chi connectivity index (χ2n) is 4.40. The van der Waals surface area contributed by atoms with Gasteiger partial charge in [0.1, 0.15) is 0 Å². The first-order valence-electron chi connectivity index (χ1n) is 5.76. The molecule has 0 spiro atoms. The Balaban J connectivity index is 1.67. The zero-order valence-corrected chi connectivity index (χ0v) is 11.8. The van der Waals surface area contributed by atoms with Crippen molar-refractivity contribution in [2.75, 3.05) is 0 Å². The molecule has 2 aromatic heterocycles. The molecule has 17 heavy (non-hydrogen) atoms. The molecular weight excluding hydrogens is 298 g/mol. The second kappa shape index (κ2) is 4.92. The van der Waals surface area contributed by atoms with E-state index in [0.29, 0.717) is 0 Å². The number of rotatable bonds is 5. The van der Waals surface area contributed by atoms with E-state index < -0.39 is 0 Å². The van der Waals surface area contributed by atoms with E-state index in [0.717, 1.165) is 23.6 Å². The number of halogens is 1. The van der Waals surface area contributed by atoms with E-state index in [1.165, 1.54) is 23.4 Å². The van der Waals surface area contributed by atoms with Crippen molar-refractivity contribution < 1.29 is 0 Å². The topological polar surface area (TPSA) is 29.9 Å². The van der Waals surface area contributed by atoms with Crippen molar-refractivity contribution in [3.63, 3.8) is 0 Å². The van der Waals surface area contributed by atoms with Gasteiger partial charge in [-0.05, 0) is 34.8 Å². The number of nitrogens with zero attached hydrogens (tertiary/aromatic N) is 2. The fraction of sp³-hybridized carbons (Fsp3) is 0.417. The normalized spacial score (nSPS) is 15.4. The smallest absolute Gasteiger partial charge is 0.0952 e. The Morgan fingerprint density at radius 2 is 2.41 bits per heavy atom. The van der Waals surface area contributed by atoms with E-state index in [-0.39, 0.29) is 0 Å². The summed E-state index contributed by atoms with van der Waals surface area (Å²) in [4.78, 5) is 5.59. The Morgan fingerprint density at radius 1 is 1.53 bits per heavy atom. The third-order valence-corrected chi connectivity index (χ3v) is 4.58. The number of thiophene rings is 1. The average Bonchev–Trinajstić information content (AvgIpc) is 2.90. The molecule has 5 heteroatoms. The standard InChI is InChI=1S/C12H14BrN3S/c13-9-3-12(17-7-9)6-16-8-14-4-11(16)5-15-10-1-2-10/h3-4,7-8,10,15H,1-2,5-6H2. The van der Waals surface area contributed by atoms with E-state index in [1.807, 2.05) is 12.5 Å². The number of nitrogens with one attached hydrogen (secondary N) is 1. The van der Waals surface area contributed by atoms with Crippen molar-refractivity contribution in [3.05, 3.63) is 39.0 Å². The Kier molecular flexibility index (Phi) is 3.31. The molecule has 0 bridgehead atoms. The summed E-state index contributed by atoms with van der Waals surface area (Å²) in [5.41, 5.74) is 1.27. The maximum absolute atomic E-state index is 4.24. The third-order valence-electron chi connectivity index (χ3n) is 2.90. The first-order chi connectivity index (χ1) is 8.31. The zero-order chi connectivity index (χ0) is 11.7. The molecule has 0 atom stereocenters. The summed E-state index contributed by atoms with van der Waals surface area (Å²) in [6.07, 6.45) is 6.52. The molecule has 0 amide bonds. The van der Waals surface area contributed by atoms with E-state index in [1.54, 1.807) is 11.3 Å². The van der Waals surface area contributed by atoms with Crippen LogP contribution in [-0.4, -0.2) is 15.6 Å². The molecule has 1 aliphatic rings. The average molecular weight is 312 g/mol. The summed E-state index contributed by atoms with van der Waals surface area (Å²) < 4.78 is 3.38. The van der Waals surface area contributed by atoms with Gasteiger partial charge < -0.3 is 9.88 Å². The molecule has 1 saturated carbocycles. The summed E-state index contributed by atoms with van der Waals surface area (Å²) in [6, 6.07) is 2.91. The SMILES string of the molecule is Brc1csc(Cn2cncc2CNC2CC2)c1. The Morgan fingerprint density at radius 3 is 3.12 bits per heavy atom. The summed E-state index contributed by atoms with van der Waals surface area (Å²) in [5, 5.41) is 5.64. The Bertz CT molecular complexity index is 501. The van der Waals surface area contributed by atoms with E-state index in [4.69, 9.17) is 0 Å². The minimum absolute atomic E-state index is 0.745. The lowest BCUT2D eigenvalue weighted by Gasteiger charge is -2.07. The Labute approximate surface area is 113 Å². The van der Waals surface area contributed by atoms with Crippen LogP contribution >= 0.6 is 27.3 Å². The van der Waals surface area contributed by atoms with Gasteiger partial charge in [0.25, 0.3) is 0 Å². The highest BCUT2D eigenvalue weighted by molar-refractivity contribution is 9.10. The monoisotopic (exact) mass is 311 g/mol. The third kappa shape index (κ3) is 2.97. The lowest BCUT2D eigenvalue weighted by atomic mass is 10.4. The van der Waals surface area contributed by atoms with Crippen LogP contribution in [0.2, 0.25) is 0 Å². The molecule has 0 aliphatic heterocycles. The van der Waals surface area contributed by atoms with Crippen LogP contribution in [0, 0.1) is 0 Å². The minimum atomic E-state index is 0.745. The maximum Gasteiger partial charge on any atom is 0.0952 e. The lowest BCUT2D eigenvalue weighted by molar-refractivity contribution is 0.636. The fourth-order valence-electron chi connectivity index (χ4n) is 1.78. The van der Waals surface area contributed by atoms with E-state index in [2.05, 4.69) is 42.2 Å². The largest absolute Gasteiger partial charge is 0.328 e. The summed E-state index contributed by atoms with van der Waals surface area (Å²) in [6.45, 7) is 1.84. The van der Waals surface area contributed by atoms with Crippen molar-refractivity contribution in [1.29, 1.82) is 0 Å². The molecule has 3 nitrogen and oxygen atoms in total. The van der Waals surface area contributed by atoms with Crippen molar-refractivity contribution in [2.24, 2.45) is 0 Å². The summed E-state index contributed by atoms with van der Waals surface area (Å²) in [7, 11) is 0. The molecule has 2 heterocycles. The van der Waals surface area contributed by atoms with Gasteiger partial charge in [0, 0.05) is 33.5 Å². The van der Waals surface area contributed by atoms with Crippen LogP contribution in [0.3, 0.4) is 0 Å².